The molecule has 0 saturated heterocycles. The number of anilines is 1. The van der Waals surface area contributed by atoms with Crippen molar-refractivity contribution in [2.45, 2.75) is 13.3 Å². The van der Waals surface area contributed by atoms with Crippen molar-refractivity contribution >= 4 is 5.88 Å². The molecule has 2 N–H and O–H groups in total. The summed E-state index contributed by atoms with van der Waals surface area (Å²) in [6.45, 7) is 3.10. The van der Waals surface area contributed by atoms with Gasteiger partial charge in [0.2, 0.25) is 5.88 Å². The largest absolute Gasteiger partial charge is 0.494 e. The summed E-state index contributed by atoms with van der Waals surface area (Å²) in [5.74, 6) is 1.90. The highest BCUT2D eigenvalue weighted by atomic mass is 16.5. The molecule has 0 bridgehead atoms. The zero-order valence-corrected chi connectivity index (χ0v) is 10.3. The third-order valence-electron chi connectivity index (χ3n) is 2.32. The van der Waals surface area contributed by atoms with E-state index in [2.05, 4.69) is 5.16 Å². The van der Waals surface area contributed by atoms with E-state index >= 15 is 0 Å². The highest BCUT2D eigenvalue weighted by Crippen LogP contribution is 2.19. The summed E-state index contributed by atoms with van der Waals surface area (Å²) in [6, 6.07) is 9.24. The molecule has 0 atom stereocenters. The van der Waals surface area contributed by atoms with Gasteiger partial charge < -0.3 is 19.7 Å². The van der Waals surface area contributed by atoms with Gasteiger partial charge in [0.15, 0.2) is 0 Å². The summed E-state index contributed by atoms with van der Waals surface area (Å²) in [7, 11) is 0. The van der Waals surface area contributed by atoms with Gasteiger partial charge in [0.1, 0.15) is 11.5 Å². The molecule has 1 heterocycles. The first-order chi connectivity index (χ1) is 8.78. The third kappa shape index (κ3) is 3.41. The summed E-state index contributed by atoms with van der Waals surface area (Å²) >= 11 is 0. The fourth-order valence-corrected chi connectivity index (χ4v) is 1.54. The van der Waals surface area contributed by atoms with Crippen molar-refractivity contribution in [3.8, 4) is 11.5 Å². The predicted molar refractivity (Wildman–Crippen MR) is 67.7 cm³/mol. The molecule has 0 unspecified atom stereocenters. The first-order valence-electron chi connectivity index (χ1n) is 5.84. The van der Waals surface area contributed by atoms with E-state index in [1.807, 2.05) is 31.2 Å². The first-order valence-corrected chi connectivity index (χ1v) is 5.84. The van der Waals surface area contributed by atoms with Crippen LogP contribution in [0.15, 0.2) is 34.9 Å². The molecule has 18 heavy (non-hydrogen) atoms. The number of rotatable bonds is 6. The second-order valence-corrected chi connectivity index (χ2v) is 3.73. The maximum Gasteiger partial charge on any atom is 0.222 e. The molecule has 5 nitrogen and oxygen atoms in total. The Bertz CT molecular complexity index is 496. The quantitative estimate of drug-likeness (QED) is 0.849. The minimum Gasteiger partial charge on any atom is -0.494 e. The molecule has 0 aliphatic rings. The Morgan fingerprint density at radius 1 is 1.22 bits per heavy atom. The summed E-state index contributed by atoms with van der Waals surface area (Å²) < 4.78 is 15.8. The Labute approximate surface area is 105 Å². The van der Waals surface area contributed by atoms with Crippen LogP contribution in [0.3, 0.4) is 0 Å². The lowest BCUT2D eigenvalue weighted by Crippen LogP contribution is -2.01. The number of hydrogen-bond donors (Lipinski definition) is 1. The average molecular weight is 248 g/mol. The fourth-order valence-electron chi connectivity index (χ4n) is 1.54. The molecule has 2 rings (SSSR count). The number of aromatic nitrogens is 1. The molecule has 1 aromatic heterocycles. The molecule has 0 radical (unpaired) electrons. The van der Waals surface area contributed by atoms with Crippen molar-refractivity contribution in [2.75, 3.05) is 18.9 Å². The SMILES string of the molecule is CCOc1cccc(OCCc2cc(N)on2)c1. The Balaban J connectivity index is 1.84. The topological polar surface area (TPSA) is 70.5 Å². The van der Waals surface area contributed by atoms with E-state index in [9.17, 15) is 0 Å². The van der Waals surface area contributed by atoms with E-state index in [-0.39, 0.29) is 0 Å². The lowest BCUT2D eigenvalue weighted by atomic mass is 10.3. The van der Waals surface area contributed by atoms with Crippen LogP contribution in [0, 0.1) is 0 Å². The fraction of sp³-hybridized carbons (Fsp3) is 0.308. The number of hydrogen-bond acceptors (Lipinski definition) is 5. The van der Waals surface area contributed by atoms with Crippen LogP contribution in [0.1, 0.15) is 12.6 Å². The van der Waals surface area contributed by atoms with Gasteiger partial charge in [-0.1, -0.05) is 11.2 Å². The molecule has 0 spiro atoms. The van der Waals surface area contributed by atoms with E-state index in [0.29, 0.717) is 25.5 Å². The van der Waals surface area contributed by atoms with Crippen LogP contribution in [-0.4, -0.2) is 18.4 Å². The van der Waals surface area contributed by atoms with E-state index < -0.39 is 0 Å². The van der Waals surface area contributed by atoms with Crippen LogP contribution in [0.5, 0.6) is 11.5 Å². The molecular formula is C13H16N2O3. The lowest BCUT2D eigenvalue weighted by Gasteiger charge is -2.07. The lowest BCUT2D eigenvalue weighted by molar-refractivity contribution is 0.308. The highest BCUT2D eigenvalue weighted by molar-refractivity contribution is 5.33. The van der Waals surface area contributed by atoms with Gasteiger partial charge in [0.05, 0.1) is 18.9 Å². The van der Waals surface area contributed by atoms with Crippen molar-refractivity contribution in [1.82, 2.24) is 5.16 Å². The second kappa shape index (κ2) is 5.95. The van der Waals surface area contributed by atoms with Crippen LogP contribution < -0.4 is 15.2 Å². The summed E-state index contributed by atoms with van der Waals surface area (Å²) in [4.78, 5) is 0. The molecule has 0 fully saturated rings. The Morgan fingerprint density at radius 2 is 2.00 bits per heavy atom. The molecular weight excluding hydrogens is 232 g/mol. The molecule has 0 aliphatic heterocycles. The zero-order chi connectivity index (χ0) is 12.8. The van der Waals surface area contributed by atoms with Crippen LogP contribution >= 0.6 is 0 Å². The highest BCUT2D eigenvalue weighted by Gasteiger charge is 2.02. The molecule has 2 aromatic rings. The smallest absolute Gasteiger partial charge is 0.222 e. The van der Waals surface area contributed by atoms with Crippen molar-refractivity contribution in [1.29, 1.82) is 0 Å². The molecule has 5 heteroatoms. The maximum atomic E-state index is 5.60. The second-order valence-electron chi connectivity index (χ2n) is 3.73. The summed E-state index contributed by atoms with van der Waals surface area (Å²) in [6.07, 6.45) is 0.652. The Kier molecular flexibility index (Phi) is 4.06. The number of benzene rings is 1. The number of nitrogens with zero attached hydrogens (tertiary/aromatic N) is 1. The van der Waals surface area contributed by atoms with Crippen molar-refractivity contribution in [2.24, 2.45) is 0 Å². The molecule has 96 valence electrons. The standard InChI is InChI=1S/C13H16N2O3/c1-2-16-11-4-3-5-12(9-11)17-7-6-10-8-13(14)18-15-10/h3-5,8-9H,2,6-7,14H2,1H3. The van der Waals surface area contributed by atoms with Gasteiger partial charge in [-0.25, -0.2) is 0 Å². The van der Waals surface area contributed by atoms with Crippen LogP contribution in [0.25, 0.3) is 0 Å². The Hall–Kier alpha value is -2.17. The van der Waals surface area contributed by atoms with Gasteiger partial charge in [-0.05, 0) is 19.1 Å². The van der Waals surface area contributed by atoms with Crippen molar-refractivity contribution in [3.63, 3.8) is 0 Å². The summed E-state index contributed by atoms with van der Waals surface area (Å²) in [5, 5.41) is 3.79. The maximum absolute atomic E-state index is 5.60. The van der Waals surface area contributed by atoms with E-state index in [1.165, 1.54) is 0 Å². The van der Waals surface area contributed by atoms with Crippen LogP contribution in [-0.2, 0) is 6.42 Å². The monoisotopic (exact) mass is 248 g/mol. The molecule has 0 saturated carbocycles. The van der Waals surface area contributed by atoms with Crippen molar-refractivity contribution < 1.29 is 14.0 Å². The van der Waals surface area contributed by atoms with Crippen molar-refractivity contribution in [3.05, 3.63) is 36.0 Å². The zero-order valence-electron chi connectivity index (χ0n) is 10.3. The first kappa shape index (κ1) is 12.3. The van der Waals surface area contributed by atoms with E-state index in [4.69, 9.17) is 19.7 Å². The third-order valence-corrected chi connectivity index (χ3v) is 2.32. The van der Waals surface area contributed by atoms with E-state index in [0.717, 1.165) is 17.2 Å². The van der Waals surface area contributed by atoms with Gasteiger partial charge in [-0.2, -0.15) is 0 Å². The van der Waals surface area contributed by atoms with Crippen LogP contribution in [0.2, 0.25) is 0 Å². The van der Waals surface area contributed by atoms with Gasteiger partial charge in [-0.3, -0.25) is 0 Å². The van der Waals surface area contributed by atoms with Gasteiger partial charge in [-0.15, -0.1) is 0 Å². The number of ether oxygens (including phenoxy) is 2. The number of nitrogens with two attached hydrogens (primary N) is 1. The molecule has 0 aliphatic carbocycles. The summed E-state index contributed by atoms with van der Waals surface area (Å²) in [5.41, 5.74) is 6.21. The van der Waals surface area contributed by atoms with E-state index in [1.54, 1.807) is 6.07 Å². The predicted octanol–water partition coefficient (Wildman–Crippen LogP) is 2.28. The molecule has 1 aromatic carbocycles. The minimum atomic E-state index is 0.323. The molecule has 0 amide bonds. The van der Waals surface area contributed by atoms with Gasteiger partial charge in [0, 0.05) is 18.6 Å². The average Bonchev–Trinajstić information content (AvgIpc) is 2.76. The van der Waals surface area contributed by atoms with Gasteiger partial charge >= 0.3 is 0 Å². The minimum absolute atomic E-state index is 0.323. The number of nitrogen functional groups attached to an aromatic ring is 1. The normalized spacial score (nSPS) is 10.3. The van der Waals surface area contributed by atoms with Gasteiger partial charge in [0.25, 0.3) is 0 Å². The Morgan fingerprint density at radius 3 is 2.67 bits per heavy atom. The van der Waals surface area contributed by atoms with Crippen LogP contribution in [0.4, 0.5) is 5.88 Å².